The molecule has 0 N–H and O–H groups in total. The van der Waals surface area contributed by atoms with Crippen molar-refractivity contribution < 1.29 is 14.3 Å². The van der Waals surface area contributed by atoms with Crippen LogP contribution in [0.3, 0.4) is 0 Å². The molecular formula is C21H22ClNO3. The molecule has 0 spiro atoms. The van der Waals surface area contributed by atoms with Gasteiger partial charge >= 0.3 is 0 Å². The Morgan fingerprint density at radius 2 is 1.92 bits per heavy atom. The topological polar surface area (TPSA) is 38.8 Å². The lowest BCUT2D eigenvalue weighted by molar-refractivity contribution is -0.126. The smallest absolute Gasteiger partial charge is 0.247 e. The third kappa shape index (κ3) is 4.02. The number of carbonyl (C=O) groups excluding carboxylic acids is 1. The number of rotatable bonds is 5. The zero-order valence-corrected chi connectivity index (χ0v) is 15.7. The molecular weight excluding hydrogens is 350 g/mol. The summed E-state index contributed by atoms with van der Waals surface area (Å²) in [6.07, 6.45) is 5.33. The summed E-state index contributed by atoms with van der Waals surface area (Å²) >= 11 is 5.90. The maximum Gasteiger partial charge on any atom is 0.247 e. The molecule has 1 amide bonds. The van der Waals surface area contributed by atoms with Crippen LogP contribution in [-0.2, 0) is 4.79 Å². The van der Waals surface area contributed by atoms with Crippen molar-refractivity contribution in [3.8, 4) is 11.5 Å². The number of nitrogens with zero attached hydrogens (tertiary/aromatic N) is 1. The summed E-state index contributed by atoms with van der Waals surface area (Å²) < 4.78 is 10.8. The zero-order valence-electron chi connectivity index (χ0n) is 14.9. The van der Waals surface area contributed by atoms with Gasteiger partial charge in [-0.15, -0.1) is 0 Å². The van der Waals surface area contributed by atoms with Crippen molar-refractivity contribution in [3.05, 3.63) is 64.7 Å². The van der Waals surface area contributed by atoms with E-state index in [-0.39, 0.29) is 11.9 Å². The lowest BCUT2D eigenvalue weighted by Gasteiger charge is -2.25. The zero-order chi connectivity index (χ0) is 18.5. The van der Waals surface area contributed by atoms with Crippen LogP contribution in [0.1, 0.15) is 30.0 Å². The predicted octanol–water partition coefficient (Wildman–Crippen LogP) is 4.73. The molecule has 3 rings (SSSR count). The summed E-state index contributed by atoms with van der Waals surface area (Å²) in [6.45, 7) is 0.740. The number of amides is 1. The van der Waals surface area contributed by atoms with Crippen molar-refractivity contribution in [2.24, 2.45) is 0 Å². The van der Waals surface area contributed by atoms with Crippen LogP contribution in [0.25, 0.3) is 6.08 Å². The van der Waals surface area contributed by atoms with Crippen LogP contribution in [0.4, 0.5) is 0 Å². The Morgan fingerprint density at radius 1 is 1.15 bits per heavy atom. The molecule has 5 heteroatoms. The van der Waals surface area contributed by atoms with E-state index in [1.807, 2.05) is 53.4 Å². The van der Waals surface area contributed by atoms with Gasteiger partial charge in [-0.05, 0) is 48.7 Å². The van der Waals surface area contributed by atoms with Gasteiger partial charge in [-0.25, -0.2) is 0 Å². The molecule has 26 heavy (non-hydrogen) atoms. The van der Waals surface area contributed by atoms with E-state index in [9.17, 15) is 4.79 Å². The van der Waals surface area contributed by atoms with Gasteiger partial charge in [-0.1, -0.05) is 23.7 Å². The highest BCUT2D eigenvalue weighted by molar-refractivity contribution is 6.30. The Balaban J connectivity index is 1.79. The largest absolute Gasteiger partial charge is 0.497 e. The number of carbonyl (C=O) groups is 1. The number of likely N-dealkylation sites (tertiary alicyclic amines) is 1. The predicted molar refractivity (Wildman–Crippen MR) is 104 cm³/mol. The fourth-order valence-corrected chi connectivity index (χ4v) is 3.41. The highest BCUT2D eigenvalue weighted by Gasteiger charge is 2.30. The minimum Gasteiger partial charge on any atom is -0.497 e. The molecule has 0 aliphatic carbocycles. The summed E-state index contributed by atoms with van der Waals surface area (Å²) in [5.74, 6) is 1.49. The first-order valence-corrected chi connectivity index (χ1v) is 8.96. The van der Waals surface area contributed by atoms with Crippen LogP contribution in [0.2, 0.25) is 5.02 Å². The first-order valence-electron chi connectivity index (χ1n) is 8.58. The van der Waals surface area contributed by atoms with Gasteiger partial charge in [0.05, 0.1) is 20.3 Å². The van der Waals surface area contributed by atoms with Gasteiger partial charge in [0.15, 0.2) is 0 Å². The van der Waals surface area contributed by atoms with E-state index < -0.39 is 0 Å². The molecule has 0 aromatic heterocycles. The minimum absolute atomic E-state index is 0.000297. The van der Waals surface area contributed by atoms with Crippen molar-refractivity contribution in [1.29, 1.82) is 0 Å². The lowest BCUT2D eigenvalue weighted by Crippen LogP contribution is -2.29. The first-order chi connectivity index (χ1) is 12.6. The van der Waals surface area contributed by atoms with Crippen molar-refractivity contribution in [3.63, 3.8) is 0 Å². The molecule has 2 aromatic rings. The van der Waals surface area contributed by atoms with Crippen molar-refractivity contribution in [1.82, 2.24) is 4.90 Å². The quantitative estimate of drug-likeness (QED) is 0.713. The molecule has 1 aliphatic heterocycles. The molecule has 1 unspecified atom stereocenters. The van der Waals surface area contributed by atoms with Crippen LogP contribution in [0.15, 0.2) is 48.5 Å². The van der Waals surface area contributed by atoms with Crippen molar-refractivity contribution in [2.75, 3.05) is 20.8 Å². The van der Waals surface area contributed by atoms with Gasteiger partial charge in [0.1, 0.15) is 11.5 Å². The van der Waals surface area contributed by atoms with E-state index >= 15 is 0 Å². The van der Waals surface area contributed by atoms with Gasteiger partial charge in [0.25, 0.3) is 0 Å². The summed E-state index contributed by atoms with van der Waals surface area (Å²) in [5.41, 5.74) is 1.96. The summed E-state index contributed by atoms with van der Waals surface area (Å²) in [6, 6.07) is 13.2. The molecule has 136 valence electrons. The molecule has 1 aliphatic rings. The third-order valence-electron chi connectivity index (χ3n) is 4.62. The highest BCUT2D eigenvalue weighted by atomic mass is 35.5. The second kappa shape index (κ2) is 8.28. The Hall–Kier alpha value is -2.46. The van der Waals surface area contributed by atoms with E-state index in [1.54, 1.807) is 20.3 Å². The van der Waals surface area contributed by atoms with Crippen LogP contribution >= 0.6 is 11.6 Å². The molecule has 1 fully saturated rings. The van der Waals surface area contributed by atoms with E-state index in [4.69, 9.17) is 21.1 Å². The molecule has 0 bridgehead atoms. The van der Waals surface area contributed by atoms with Crippen LogP contribution in [0, 0.1) is 0 Å². The second-order valence-corrected chi connectivity index (χ2v) is 6.62. The average molecular weight is 372 g/mol. The van der Waals surface area contributed by atoms with Gasteiger partial charge in [0.2, 0.25) is 5.91 Å². The fraction of sp³-hybridized carbons (Fsp3) is 0.286. The van der Waals surface area contributed by atoms with Crippen LogP contribution in [0.5, 0.6) is 11.5 Å². The number of hydrogen-bond donors (Lipinski definition) is 0. The van der Waals surface area contributed by atoms with Gasteiger partial charge in [-0.2, -0.15) is 0 Å². The number of methoxy groups -OCH3 is 2. The highest BCUT2D eigenvalue weighted by Crippen LogP contribution is 2.38. The Morgan fingerprint density at radius 3 is 2.62 bits per heavy atom. The summed E-state index contributed by atoms with van der Waals surface area (Å²) in [5, 5.41) is 0.680. The molecule has 4 nitrogen and oxygen atoms in total. The molecule has 1 saturated heterocycles. The molecule has 2 aromatic carbocycles. The van der Waals surface area contributed by atoms with Crippen molar-refractivity contribution >= 4 is 23.6 Å². The molecule has 1 atom stereocenters. The Kier molecular flexibility index (Phi) is 5.84. The minimum atomic E-state index is 0.000297. The number of hydrogen-bond acceptors (Lipinski definition) is 3. The van der Waals surface area contributed by atoms with E-state index in [0.29, 0.717) is 5.02 Å². The second-order valence-electron chi connectivity index (χ2n) is 6.18. The number of ether oxygens (including phenoxy) is 2. The lowest BCUT2D eigenvalue weighted by atomic mass is 10.0. The van der Waals surface area contributed by atoms with E-state index in [2.05, 4.69) is 0 Å². The average Bonchev–Trinajstić information content (AvgIpc) is 3.16. The van der Waals surface area contributed by atoms with Crippen LogP contribution in [-0.4, -0.2) is 31.6 Å². The fourth-order valence-electron chi connectivity index (χ4n) is 3.28. The molecule has 0 saturated carbocycles. The van der Waals surface area contributed by atoms with Crippen molar-refractivity contribution in [2.45, 2.75) is 18.9 Å². The monoisotopic (exact) mass is 371 g/mol. The van der Waals surface area contributed by atoms with E-state index in [0.717, 1.165) is 42.0 Å². The number of halogens is 1. The maximum absolute atomic E-state index is 12.7. The first kappa shape index (κ1) is 18.3. The van der Waals surface area contributed by atoms with E-state index in [1.165, 1.54) is 0 Å². The van der Waals surface area contributed by atoms with Gasteiger partial charge in [0, 0.05) is 29.3 Å². The molecule has 1 heterocycles. The number of benzene rings is 2. The normalized spacial score (nSPS) is 16.9. The Labute approximate surface area is 159 Å². The standard InChI is InChI=1S/C21H22ClNO3/c1-25-17-10-11-18(20(14-17)26-2)19-4-3-13-23(19)21(24)12-7-15-5-8-16(22)9-6-15/h5-12,14,19H,3-4,13H2,1-2H3/b12-7+. The van der Waals surface area contributed by atoms with Gasteiger partial charge < -0.3 is 14.4 Å². The maximum atomic E-state index is 12.7. The third-order valence-corrected chi connectivity index (χ3v) is 4.88. The Bertz CT molecular complexity index is 801. The van der Waals surface area contributed by atoms with Crippen LogP contribution < -0.4 is 9.47 Å². The summed E-state index contributed by atoms with van der Waals surface area (Å²) in [7, 11) is 3.27. The van der Waals surface area contributed by atoms with Gasteiger partial charge in [-0.3, -0.25) is 4.79 Å². The SMILES string of the molecule is COc1ccc(C2CCCN2C(=O)/C=C/c2ccc(Cl)cc2)c(OC)c1. The summed E-state index contributed by atoms with van der Waals surface area (Å²) in [4.78, 5) is 14.6. The molecule has 0 radical (unpaired) electrons.